The van der Waals surface area contributed by atoms with Crippen molar-refractivity contribution >= 4 is 44.7 Å². The van der Waals surface area contributed by atoms with E-state index >= 15 is 0 Å². The van der Waals surface area contributed by atoms with Gasteiger partial charge in [-0.2, -0.15) is 0 Å². The van der Waals surface area contributed by atoms with Crippen LogP contribution < -0.4 is 15.8 Å². The van der Waals surface area contributed by atoms with Crippen molar-refractivity contribution in [1.82, 2.24) is 10.3 Å². The molecular formula is C23H20ClN3O2S. The number of hydrogen-bond acceptors (Lipinski definition) is 5. The van der Waals surface area contributed by atoms with E-state index < -0.39 is 0 Å². The Bertz CT molecular complexity index is 1210. The first-order valence-corrected chi connectivity index (χ1v) is 10.6. The number of nitrogens with one attached hydrogen (secondary N) is 1. The number of halogens is 1. The van der Waals surface area contributed by atoms with Gasteiger partial charge in [-0.15, -0.1) is 11.3 Å². The fourth-order valence-corrected chi connectivity index (χ4v) is 4.40. The molecule has 2 aromatic heterocycles. The number of ether oxygens (including phenoxy) is 1. The van der Waals surface area contributed by atoms with Crippen LogP contribution in [-0.2, 0) is 6.42 Å². The molecule has 0 bridgehead atoms. The Labute approximate surface area is 183 Å². The van der Waals surface area contributed by atoms with Crippen LogP contribution in [-0.4, -0.2) is 24.5 Å². The smallest absolute Gasteiger partial charge is 0.263 e. The summed E-state index contributed by atoms with van der Waals surface area (Å²) in [5.74, 6) is 0.598. The third-order valence-electron chi connectivity index (χ3n) is 4.77. The minimum atomic E-state index is -0.191. The number of thiophene rings is 1. The van der Waals surface area contributed by atoms with E-state index in [1.807, 2.05) is 60.7 Å². The number of nitrogens with zero attached hydrogens (tertiary/aromatic N) is 1. The predicted molar refractivity (Wildman–Crippen MR) is 124 cm³/mol. The number of fused-ring (bicyclic) bond motifs is 1. The number of amides is 1. The van der Waals surface area contributed by atoms with Crippen molar-refractivity contribution in [2.24, 2.45) is 0 Å². The molecule has 4 rings (SSSR count). The van der Waals surface area contributed by atoms with Gasteiger partial charge in [-0.25, -0.2) is 4.98 Å². The Morgan fingerprint density at radius 2 is 1.97 bits per heavy atom. The molecule has 3 N–H and O–H groups in total. The van der Waals surface area contributed by atoms with Gasteiger partial charge in [0.2, 0.25) is 0 Å². The van der Waals surface area contributed by atoms with Crippen molar-refractivity contribution in [2.75, 3.05) is 19.4 Å². The maximum absolute atomic E-state index is 12.7. The molecule has 0 atom stereocenters. The van der Waals surface area contributed by atoms with Crippen LogP contribution in [0.3, 0.4) is 0 Å². The number of benzene rings is 2. The van der Waals surface area contributed by atoms with Gasteiger partial charge >= 0.3 is 0 Å². The molecule has 0 unspecified atom stereocenters. The van der Waals surface area contributed by atoms with Crippen molar-refractivity contribution in [1.29, 1.82) is 0 Å². The van der Waals surface area contributed by atoms with Crippen LogP contribution in [0.15, 0.2) is 60.7 Å². The maximum atomic E-state index is 12.7. The molecule has 0 spiro atoms. The molecule has 5 nitrogen and oxygen atoms in total. The standard InChI is InChI=1S/C23H20ClN3O2S/c1-29-17-7-5-15(6-8-17)19-10-9-18-20(25)21(30-23(18)27-19)22(28)26-12-11-14-3-2-4-16(24)13-14/h2-10,13H,11-12,25H2,1H3,(H,26,28). The van der Waals surface area contributed by atoms with E-state index in [0.717, 1.165) is 32.8 Å². The van der Waals surface area contributed by atoms with Crippen molar-refractivity contribution in [3.63, 3.8) is 0 Å². The average molecular weight is 438 g/mol. The number of carbonyl (C=O) groups excluding carboxylic acids is 1. The van der Waals surface area contributed by atoms with E-state index in [9.17, 15) is 4.79 Å². The van der Waals surface area contributed by atoms with Crippen molar-refractivity contribution in [3.8, 4) is 17.0 Å². The number of nitrogens with two attached hydrogens (primary N) is 1. The minimum absolute atomic E-state index is 0.191. The molecule has 0 saturated heterocycles. The second-order valence-corrected chi connectivity index (χ2v) is 8.19. The Hall–Kier alpha value is -3.09. The Kier molecular flexibility index (Phi) is 5.88. The molecule has 7 heteroatoms. The largest absolute Gasteiger partial charge is 0.497 e. The Morgan fingerprint density at radius 3 is 2.70 bits per heavy atom. The lowest BCUT2D eigenvalue weighted by Crippen LogP contribution is -2.25. The molecule has 0 aliphatic rings. The van der Waals surface area contributed by atoms with Gasteiger partial charge in [0.05, 0.1) is 18.5 Å². The van der Waals surface area contributed by atoms with E-state index in [4.69, 9.17) is 27.1 Å². The highest BCUT2D eigenvalue weighted by molar-refractivity contribution is 7.21. The van der Waals surface area contributed by atoms with Gasteiger partial charge in [-0.05, 0) is 60.5 Å². The zero-order valence-corrected chi connectivity index (χ0v) is 17.9. The van der Waals surface area contributed by atoms with Crippen LogP contribution in [0.4, 0.5) is 5.69 Å². The van der Waals surface area contributed by atoms with E-state index in [0.29, 0.717) is 28.6 Å². The third-order valence-corrected chi connectivity index (χ3v) is 6.12. The first kappa shape index (κ1) is 20.2. The van der Waals surface area contributed by atoms with Crippen molar-refractivity contribution < 1.29 is 9.53 Å². The minimum Gasteiger partial charge on any atom is -0.497 e. The zero-order valence-electron chi connectivity index (χ0n) is 16.3. The van der Waals surface area contributed by atoms with Gasteiger partial charge in [-0.1, -0.05) is 23.7 Å². The molecule has 0 fully saturated rings. The summed E-state index contributed by atoms with van der Waals surface area (Å²) in [6.45, 7) is 0.497. The lowest BCUT2D eigenvalue weighted by molar-refractivity contribution is 0.0959. The number of methoxy groups -OCH3 is 1. The Balaban J connectivity index is 1.51. The zero-order chi connectivity index (χ0) is 21.1. The number of anilines is 1. The van der Waals surface area contributed by atoms with Gasteiger partial charge < -0.3 is 15.8 Å². The van der Waals surface area contributed by atoms with Crippen LogP contribution in [0.2, 0.25) is 5.02 Å². The molecule has 30 heavy (non-hydrogen) atoms. The highest BCUT2D eigenvalue weighted by atomic mass is 35.5. The number of rotatable bonds is 6. The lowest BCUT2D eigenvalue weighted by Gasteiger charge is -2.05. The third kappa shape index (κ3) is 4.25. The molecule has 152 valence electrons. The van der Waals surface area contributed by atoms with Crippen molar-refractivity contribution in [2.45, 2.75) is 6.42 Å². The maximum Gasteiger partial charge on any atom is 0.263 e. The molecule has 0 aliphatic heterocycles. The lowest BCUT2D eigenvalue weighted by atomic mass is 10.1. The average Bonchev–Trinajstić information content (AvgIpc) is 3.10. The number of carbonyl (C=O) groups is 1. The van der Waals surface area contributed by atoms with E-state index in [1.54, 1.807) is 7.11 Å². The molecule has 2 aromatic carbocycles. The molecule has 0 radical (unpaired) electrons. The summed E-state index contributed by atoms with van der Waals surface area (Å²) in [4.78, 5) is 18.6. The summed E-state index contributed by atoms with van der Waals surface area (Å²) in [6, 6.07) is 19.1. The summed E-state index contributed by atoms with van der Waals surface area (Å²) < 4.78 is 5.20. The van der Waals surface area contributed by atoms with Crippen LogP contribution in [0.1, 0.15) is 15.2 Å². The van der Waals surface area contributed by atoms with E-state index in [1.165, 1.54) is 11.3 Å². The Morgan fingerprint density at radius 1 is 1.17 bits per heavy atom. The van der Waals surface area contributed by atoms with Crippen LogP contribution in [0, 0.1) is 0 Å². The molecule has 1 amide bonds. The molecule has 4 aromatic rings. The summed E-state index contributed by atoms with van der Waals surface area (Å²) in [6.07, 6.45) is 0.691. The highest BCUT2D eigenvalue weighted by Gasteiger charge is 2.17. The molecular weight excluding hydrogens is 418 g/mol. The monoisotopic (exact) mass is 437 g/mol. The predicted octanol–water partition coefficient (Wildman–Crippen LogP) is 5.18. The van der Waals surface area contributed by atoms with E-state index in [-0.39, 0.29) is 5.91 Å². The first-order valence-electron chi connectivity index (χ1n) is 9.41. The quantitative estimate of drug-likeness (QED) is 0.435. The SMILES string of the molecule is COc1ccc(-c2ccc3c(N)c(C(=O)NCCc4cccc(Cl)c4)sc3n2)cc1. The summed E-state index contributed by atoms with van der Waals surface area (Å²) in [5.41, 5.74) is 9.56. The summed E-state index contributed by atoms with van der Waals surface area (Å²) in [5, 5.41) is 4.41. The normalized spacial score (nSPS) is 10.9. The van der Waals surface area contributed by atoms with Crippen molar-refractivity contribution in [3.05, 3.63) is 76.1 Å². The van der Waals surface area contributed by atoms with Gasteiger partial charge in [0.1, 0.15) is 15.5 Å². The highest BCUT2D eigenvalue weighted by Crippen LogP contribution is 2.34. The second kappa shape index (κ2) is 8.73. The number of pyridine rings is 1. The molecule has 2 heterocycles. The number of aromatic nitrogens is 1. The second-order valence-electron chi connectivity index (χ2n) is 6.76. The van der Waals surface area contributed by atoms with Gasteiger partial charge in [0, 0.05) is 22.5 Å². The topological polar surface area (TPSA) is 77.2 Å². The first-order chi connectivity index (χ1) is 14.5. The molecule has 0 aliphatic carbocycles. The summed E-state index contributed by atoms with van der Waals surface area (Å²) in [7, 11) is 1.63. The van der Waals surface area contributed by atoms with Gasteiger partial charge in [0.15, 0.2) is 0 Å². The van der Waals surface area contributed by atoms with Gasteiger partial charge in [0.25, 0.3) is 5.91 Å². The van der Waals surface area contributed by atoms with Gasteiger partial charge in [-0.3, -0.25) is 4.79 Å². The van der Waals surface area contributed by atoms with Crippen LogP contribution in [0.5, 0.6) is 5.75 Å². The van der Waals surface area contributed by atoms with Crippen LogP contribution >= 0.6 is 22.9 Å². The van der Waals surface area contributed by atoms with Crippen LogP contribution in [0.25, 0.3) is 21.5 Å². The fraction of sp³-hybridized carbons (Fsp3) is 0.130. The number of nitrogen functional groups attached to an aromatic ring is 1. The summed E-state index contributed by atoms with van der Waals surface area (Å²) >= 11 is 7.31. The number of hydrogen-bond donors (Lipinski definition) is 2. The molecule has 0 saturated carbocycles. The van der Waals surface area contributed by atoms with E-state index in [2.05, 4.69) is 5.32 Å². The fourth-order valence-electron chi connectivity index (χ4n) is 3.18.